The molecule has 0 spiro atoms. The van der Waals surface area contributed by atoms with E-state index in [0.717, 1.165) is 10.2 Å². The molecule has 2 aromatic carbocycles. The molecule has 3 aromatic rings. The average molecular weight is 377 g/mol. The van der Waals surface area contributed by atoms with Crippen molar-refractivity contribution in [1.29, 1.82) is 0 Å². The van der Waals surface area contributed by atoms with Gasteiger partial charge < -0.3 is 10.1 Å². The molecular weight excluding hydrogens is 358 g/mol. The molecule has 28 heavy (non-hydrogen) atoms. The van der Waals surface area contributed by atoms with E-state index >= 15 is 0 Å². The normalized spacial score (nSPS) is 10.4. The van der Waals surface area contributed by atoms with Crippen LogP contribution in [0.1, 0.15) is 17.3 Å². The molecule has 0 unspecified atom stereocenters. The van der Waals surface area contributed by atoms with Gasteiger partial charge in [0.2, 0.25) is 5.91 Å². The van der Waals surface area contributed by atoms with Crippen molar-refractivity contribution < 1.29 is 14.3 Å². The van der Waals surface area contributed by atoms with Crippen LogP contribution in [0.3, 0.4) is 0 Å². The Morgan fingerprint density at radius 1 is 1.07 bits per heavy atom. The van der Waals surface area contributed by atoms with Gasteiger partial charge in [0, 0.05) is 22.9 Å². The van der Waals surface area contributed by atoms with Gasteiger partial charge >= 0.3 is 0 Å². The number of nitrogens with zero attached hydrogens (tertiary/aromatic N) is 2. The summed E-state index contributed by atoms with van der Waals surface area (Å²) < 4.78 is 6.31. The van der Waals surface area contributed by atoms with Gasteiger partial charge in [-0.15, -0.1) is 0 Å². The van der Waals surface area contributed by atoms with E-state index in [9.17, 15) is 14.4 Å². The fourth-order valence-corrected chi connectivity index (χ4v) is 2.62. The summed E-state index contributed by atoms with van der Waals surface area (Å²) in [7, 11) is 1.57. The summed E-state index contributed by atoms with van der Waals surface area (Å²) in [5.41, 5.74) is 2.04. The van der Waals surface area contributed by atoms with Crippen LogP contribution in [0, 0.1) is 0 Å². The quantitative estimate of drug-likeness (QED) is 0.667. The number of anilines is 1. The molecule has 1 N–H and O–H groups in total. The van der Waals surface area contributed by atoms with Gasteiger partial charge in [-0.1, -0.05) is 12.1 Å². The maximum atomic E-state index is 12.3. The Bertz CT molecular complexity index is 1070. The standard InChI is InChI=1S/C21H19N3O4/c1-14(25)15-6-8-17(9-7-15)22-20(26)13-24-21(27)11-10-19(23-24)16-4-3-5-18(12-16)28-2/h3-12H,13H2,1-2H3,(H,22,26). The van der Waals surface area contributed by atoms with Gasteiger partial charge in [0.05, 0.1) is 12.8 Å². The topological polar surface area (TPSA) is 90.3 Å². The summed E-state index contributed by atoms with van der Waals surface area (Å²) in [5, 5.41) is 6.97. The van der Waals surface area contributed by atoms with Gasteiger partial charge in [-0.2, -0.15) is 5.10 Å². The van der Waals surface area contributed by atoms with Crippen LogP contribution in [0.25, 0.3) is 11.3 Å². The zero-order chi connectivity index (χ0) is 20.1. The van der Waals surface area contributed by atoms with Gasteiger partial charge in [-0.25, -0.2) is 4.68 Å². The Kier molecular flexibility index (Phi) is 5.64. The van der Waals surface area contributed by atoms with Crippen molar-refractivity contribution in [2.75, 3.05) is 12.4 Å². The lowest BCUT2D eigenvalue weighted by molar-refractivity contribution is -0.117. The summed E-state index contributed by atoms with van der Waals surface area (Å²) in [6.07, 6.45) is 0. The zero-order valence-electron chi connectivity index (χ0n) is 15.5. The van der Waals surface area contributed by atoms with E-state index in [0.29, 0.717) is 22.7 Å². The van der Waals surface area contributed by atoms with Gasteiger partial charge in [-0.05, 0) is 49.4 Å². The van der Waals surface area contributed by atoms with E-state index in [-0.39, 0.29) is 17.9 Å². The third-order valence-electron chi connectivity index (χ3n) is 4.10. The van der Waals surface area contributed by atoms with E-state index in [2.05, 4.69) is 10.4 Å². The van der Waals surface area contributed by atoms with Crippen LogP contribution in [0.4, 0.5) is 5.69 Å². The average Bonchev–Trinajstić information content (AvgIpc) is 2.70. The van der Waals surface area contributed by atoms with Gasteiger partial charge in [0.25, 0.3) is 5.56 Å². The number of rotatable bonds is 6. The lowest BCUT2D eigenvalue weighted by atomic mass is 10.1. The molecule has 3 rings (SSSR count). The number of hydrogen-bond acceptors (Lipinski definition) is 5. The van der Waals surface area contributed by atoms with Crippen molar-refractivity contribution in [3.63, 3.8) is 0 Å². The monoisotopic (exact) mass is 377 g/mol. The fourth-order valence-electron chi connectivity index (χ4n) is 2.62. The van der Waals surface area contributed by atoms with Crippen molar-refractivity contribution in [3.05, 3.63) is 76.6 Å². The number of ketones is 1. The van der Waals surface area contributed by atoms with Crippen LogP contribution in [0.2, 0.25) is 0 Å². The second-order valence-corrected chi connectivity index (χ2v) is 6.13. The molecule has 0 aliphatic rings. The summed E-state index contributed by atoms with van der Waals surface area (Å²) in [6.45, 7) is 1.24. The number of Topliss-reactive ketones (excluding diaryl/α,β-unsaturated/α-hetero) is 1. The molecule has 0 atom stereocenters. The molecule has 0 fully saturated rings. The Labute approximate surface area is 161 Å². The third kappa shape index (κ3) is 4.50. The molecule has 142 valence electrons. The maximum absolute atomic E-state index is 12.3. The highest BCUT2D eigenvalue weighted by molar-refractivity contribution is 5.95. The number of carbonyl (C=O) groups is 2. The van der Waals surface area contributed by atoms with Gasteiger partial charge in [0.15, 0.2) is 5.78 Å². The van der Waals surface area contributed by atoms with Crippen LogP contribution in [0.5, 0.6) is 5.75 Å². The molecule has 1 heterocycles. The zero-order valence-corrected chi connectivity index (χ0v) is 15.5. The van der Waals surface area contributed by atoms with Crippen molar-refractivity contribution in [2.24, 2.45) is 0 Å². The highest BCUT2D eigenvalue weighted by Crippen LogP contribution is 2.21. The van der Waals surface area contributed by atoms with E-state index in [4.69, 9.17) is 4.74 Å². The first-order chi connectivity index (χ1) is 13.5. The van der Waals surface area contributed by atoms with Crippen LogP contribution < -0.4 is 15.6 Å². The maximum Gasteiger partial charge on any atom is 0.267 e. The number of ether oxygens (including phenoxy) is 1. The number of methoxy groups -OCH3 is 1. The van der Waals surface area contributed by atoms with E-state index in [1.807, 2.05) is 18.2 Å². The number of benzene rings is 2. The van der Waals surface area contributed by atoms with E-state index in [1.165, 1.54) is 13.0 Å². The first kappa shape index (κ1) is 19.0. The molecule has 0 saturated carbocycles. The molecule has 0 saturated heterocycles. The predicted molar refractivity (Wildman–Crippen MR) is 106 cm³/mol. The number of nitrogens with one attached hydrogen (secondary N) is 1. The fraction of sp³-hybridized carbons (Fsp3) is 0.143. The number of hydrogen-bond donors (Lipinski definition) is 1. The molecule has 1 amide bonds. The van der Waals surface area contributed by atoms with Crippen LogP contribution >= 0.6 is 0 Å². The third-order valence-corrected chi connectivity index (χ3v) is 4.10. The predicted octanol–water partition coefficient (Wildman–Crippen LogP) is 2.76. The van der Waals surface area contributed by atoms with Crippen molar-refractivity contribution in [2.45, 2.75) is 13.5 Å². The Morgan fingerprint density at radius 3 is 2.50 bits per heavy atom. The van der Waals surface area contributed by atoms with Crippen molar-refractivity contribution in [1.82, 2.24) is 9.78 Å². The highest BCUT2D eigenvalue weighted by atomic mass is 16.5. The lowest BCUT2D eigenvalue weighted by Crippen LogP contribution is -2.29. The Morgan fingerprint density at radius 2 is 1.82 bits per heavy atom. The SMILES string of the molecule is COc1cccc(-c2ccc(=O)n(CC(=O)Nc3ccc(C(C)=O)cc3)n2)c1. The van der Waals surface area contributed by atoms with Gasteiger partial charge in [-0.3, -0.25) is 14.4 Å². The second kappa shape index (κ2) is 8.30. The minimum atomic E-state index is -0.395. The summed E-state index contributed by atoms with van der Waals surface area (Å²) in [4.78, 5) is 35.7. The number of amides is 1. The van der Waals surface area contributed by atoms with Gasteiger partial charge in [0.1, 0.15) is 12.3 Å². The molecule has 0 bridgehead atoms. The molecule has 1 aromatic heterocycles. The van der Waals surface area contributed by atoms with Crippen LogP contribution in [-0.4, -0.2) is 28.6 Å². The summed E-state index contributed by atoms with van der Waals surface area (Å²) >= 11 is 0. The summed E-state index contributed by atoms with van der Waals surface area (Å²) in [5.74, 6) is 0.222. The molecule has 0 aliphatic heterocycles. The molecule has 0 aliphatic carbocycles. The number of aromatic nitrogens is 2. The number of carbonyl (C=O) groups excluding carboxylic acids is 2. The highest BCUT2D eigenvalue weighted by Gasteiger charge is 2.09. The first-order valence-corrected chi connectivity index (χ1v) is 8.60. The smallest absolute Gasteiger partial charge is 0.267 e. The Balaban J connectivity index is 1.77. The second-order valence-electron chi connectivity index (χ2n) is 6.13. The minimum Gasteiger partial charge on any atom is -0.497 e. The first-order valence-electron chi connectivity index (χ1n) is 8.60. The van der Waals surface area contributed by atoms with E-state index in [1.54, 1.807) is 43.5 Å². The molecule has 7 heteroatoms. The van der Waals surface area contributed by atoms with Crippen molar-refractivity contribution in [3.8, 4) is 17.0 Å². The molecule has 7 nitrogen and oxygen atoms in total. The lowest BCUT2D eigenvalue weighted by Gasteiger charge is -2.09. The van der Waals surface area contributed by atoms with E-state index < -0.39 is 5.91 Å². The molecule has 0 radical (unpaired) electrons. The molecular formula is C21H19N3O4. The largest absolute Gasteiger partial charge is 0.497 e. The minimum absolute atomic E-state index is 0.0528. The summed E-state index contributed by atoms with van der Waals surface area (Å²) in [6, 6.07) is 16.8. The Hall–Kier alpha value is -3.74. The van der Waals surface area contributed by atoms with Crippen LogP contribution in [0.15, 0.2) is 65.5 Å². The van der Waals surface area contributed by atoms with Crippen LogP contribution in [-0.2, 0) is 11.3 Å². The van der Waals surface area contributed by atoms with Crippen molar-refractivity contribution >= 4 is 17.4 Å².